The van der Waals surface area contributed by atoms with Crippen LogP contribution in [0.15, 0.2) is 59.6 Å². The van der Waals surface area contributed by atoms with E-state index in [4.69, 9.17) is 21.1 Å². The molecule has 4 heterocycles. The van der Waals surface area contributed by atoms with Gasteiger partial charge in [0.15, 0.2) is 11.2 Å². The molecule has 10 nitrogen and oxygen atoms in total. The number of fused-ring (bicyclic) bond motifs is 2. The van der Waals surface area contributed by atoms with Crippen molar-refractivity contribution in [1.29, 1.82) is 0 Å². The van der Waals surface area contributed by atoms with Gasteiger partial charge in [-0.3, -0.25) is 9.20 Å². The van der Waals surface area contributed by atoms with Crippen molar-refractivity contribution in [3.63, 3.8) is 0 Å². The lowest BCUT2D eigenvalue weighted by Gasteiger charge is -2.41. The monoisotopic (exact) mass is 636 g/mol. The molecule has 226 valence electrons. The Labute approximate surface area is 248 Å². The van der Waals surface area contributed by atoms with Crippen molar-refractivity contribution in [1.82, 2.24) is 18.9 Å². The maximum Gasteiger partial charge on any atom is 0.452 e. The minimum absolute atomic E-state index is 0.00488. The van der Waals surface area contributed by atoms with Crippen molar-refractivity contribution in [2.24, 2.45) is 0 Å². The minimum Gasteiger partial charge on any atom is -0.481 e. The number of pyridine rings is 1. The van der Waals surface area contributed by atoms with E-state index in [0.717, 1.165) is 10.6 Å². The van der Waals surface area contributed by atoms with Crippen molar-refractivity contribution >= 4 is 33.2 Å². The number of alkyl halides is 3. The van der Waals surface area contributed by atoms with E-state index in [-0.39, 0.29) is 47.6 Å². The van der Waals surface area contributed by atoms with Crippen molar-refractivity contribution in [2.45, 2.75) is 42.5 Å². The number of ether oxygens (including phenoxy) is 2. The number of carboxylic acid groups (broad SMARTS) is 1. The van der Waals surface area contributed by atoms with Crippen LogP contribution in [0.5, 0.6) is 5.75 Å². The number of nitrogens with zero attached hydrogens (tertiary/aromatic N) is 4. The van der Waals surface area contributed by atoms with E-state index in [2.05, 4.69) is 10.2 Å². The van der Waals surface area contributed by atoms with Crippen molar-refractivity contribution in [3.8, 4) is 5.75 Å². The van der Waals surface area contributed by atoms with Crippen molar-refractivity contribution in [2.75, 3.05) is 19.8 Å². The van der Waals surface area contributed by atoms with Crippen LogP contribution in [0.4, 0.5) is 13.2 Å². The Balaban J connectivity index is 1.40. The summed E-state index contributed by atoms with van der Waals surface area (Å²) in [5, 5.41) is 17.0. The van der Waals surface area contributed by atoms with Crippen LogP contribution in [0.25, 0.3) is 5.65 Å². The number of rotatable bonds is 6. The largest absolute Gasteiger partial charge is 0.481 e. The van der Waals surface area contributed by atoms with E-state index in [0.29, 0.717) is 22.3 Å². The normalized spacial score (nSPS) is 18.4. The molecule has 2 aromatic carbocycles. The maximum atomic E-state index is 13.8. The van der Waals surface area contributed by atoms with Gasteiger partial charge in [-0.15, -0.1) is 10.2 Å². The first-order valence-corrected chi connectivity index (χ1v) is 14.9. The van der Waals surface area contributed by atoms with Gasteiger partial charge in [0.1, 0.15) is 10.6 Å². The smallest absolute Gasteiger partial charge is 0.452 e. The number of carboxylic acids is 1. The first-order chi connectivity index (χ1) is 20.3. The highest BCUT2D eigenvalue weighted by Gasteiger charge is 2.49. The quantitative estimate of drug-likeness (QED) is 0.324. The Morgan fingerprint density at radius 3 is 2.58 bits per heavy atom. The number of aromatic nitrogens is 3. The fourth-order valence-corrected chi connectivity index (χ4v) is 7.34. The Morgan fingerprint density at radius 2 is 1.91 bits per heavy atom. The average molecular weight is 637 g/mol. The number of aryl methyl sites for hydroxylation is 1. The molecule has 1 fully saturated rings. The van der Waals surface area contributed by atoms with Crippen LogP contribution >= 0.6 is 11.6 Å². The molecule has 15 heteroatoms. The second-order valence-electron chi connectivity index (χ2n) is 10.6. The van der Waals surface area contributed by atoms with Gasteiger partial charge in [0.2, 0.25) is 15.8 Å². The van der Waals surface area contributed by atoms with E-state index >= 15 is 0 Å². The van der Waals surface area contributed by atoms with Gasteiger partial charge in [0.05, 0.1) is 26.2 Å². The number of sulfonamides is 1. The standard InChI is InChI=1S/C28H24ClF3N4O6S/c1-16-19(8-9-36-25(16)33-34-26(36)28(30,31)32)20(11-24(37)38)17-6-7-21(29)18(10-17)12-35-13-27(14-41-15-27)42-22-4-2-3-5-23(22)43(35,39)40/h2-10,20H,11-15H2,1H3,(H,37,38). The van der Waals surface area contributed by atoms with Gasteiger partial charge in [-0.1, -0.05) is 35.9 Å². The second kappa shape index (κ2) is 10.5. The van der Waals surface area contributed by atoms with E-state index in [9.17, 15) is 31.5 Å². The summed E-state index contributed by atoms with van der Waals surface area (Å²) in [6, 6.07) is 12.5. The molecule has 6 rings (SSSR count). The molecule has 2 aromatic heterocycles. The van der Waals surface area contributed by atoms with Gasteiger partial charge < -0.3 is 14.6 Å². The van der Waals surface area contributed by atoms with Crippen molar-refractivity contribution in [3.05, 3.63) is 87.8 Å². The number of benzene rings is 2. The molecule has 1 N–H and O–H groups in total. The molecule has 1 unspecified atom stereocenters. The molecule has 1 atom stereocenters. The number of para-hydroxylation sites is 1. The van der Waals surface area contributed by atoms with E-state index in [1.54, 1.807) is 43.3 Å². The van der Waals surface area contributed by atoms with Gasteiger partial charge in [0.25, 0.3) is 0 Å². The van der Waals surface area contributed by atoms with E-state index < -0.39 is 45.9 Å². The lowest BCUT2D eigenvalue weighted by molar-refractivity contribution is -0.165. The number of carbonyl (C=O) groups is 1. The van der Waals surface area contributed by atoms with Gasteiger partial charge in [-0.05, 0) is 53.4 Å². The SMILES string of the molecule is Cc1c(C(CC(=O)O)c2ccc(Cl)c(CN3CC4(COC4)Oc4ccccc4S3(=O)=O)c2)ccn2c(C(F)(F)F)nnc12. The molecule has 4 aromatic rings. The molecule has 0 saturated carbocycles. The third-order valence-electron chi connectivity index (χ3n) is 7.68. The molecule has 1 spiro atoms. The molecular weight excluding hydrogens is 613 g/mol. The summed E-state index contributed by atoms with van der Waals surface area (Å²) >= 11 is 6.56. The average Bonchev–Trinajstić information content (AvgIpc) is 3.34. The van der Waals surface area contributed by atoms with Gasteiger partial charge in [-0.2, -0.15) is 17.5 Å². The zero-order valence-electron chi connectivity index (χ0n) is 22.5. The minimum atomic E-state index is -4.73. The molecule has 0 radical (unpaired) electrons. The Hall–Kier alpha value is -3.72. The Bertz CT molecular complexity index is 1860. The third kappa shape index (κ3) is 5.22. The number of hydrogen-bond acceptors (Lipinski definition) is 7. The van der Waals surface area contributed by atoms with Crippen LogP contribution in [-0.4, -0.2) is 63.8 Å². The summed E-state index contributed by atoms with van der Waals surface area (Å²) in [7, 11) is -4.04. The number of hydrogen-bond donors (Lipinski definition) is 1. The predicted octanol–water partition coefficient (Wildman–Crippen LogP) is 4.67. The van der Waals surface area contributed by atoms with Crippen LogP contribution in [0, 0.1) is 6.92 Å². The first-order valence-electron chi connectivity index (χ1n) is 13.1. The molecule has 2 aliphatic heterocycles. The Kier molecular flexibility index (Phi) is 7.15. The van der Waals surface area contributed by atoms with Crippen LogP contribution < -0.4 is 4.74 Å². The molecule has 43 heavy (non-hydrogen) atoms. The summed E-state index contributed by atoms with van der Waals surface area (Å²) in [6.07, 6.45) is -3.97. The van der Waals surface area contributed by atoms with Crippen molar-refractivity contribution < 1.29 is 41.0 Å². The molecular formula is C28H24ClF3N4O6S. The molecule has 0 aliphatic carbocycles. The zero-order valence-corrected chi connectivity index (χ0v) is 24.1. The van der Waals surface area contributed by atoms with Gasteiger partial charge >= 0.3 is 12.1 Å². The van der Waals surface area contributed by atoms with Gasteiger partial charge in [-0.25, -0.2) is 8.42 Å². The zero-order chi connectivity index (χ0) is 30.7. The lowest BCUT2D eigenvalue weighted by Crippen LogP contribution is -2.60. The highest BCUT2D eigenvalue weighted by atomic mass is 35.5. The Morgan fingerprint density at radius 1 is 1.16 bits per heavy atom. The summed E-state index contributed by atoms with van der Waals surface area (Å²) in [5.41, 5.74) is 0.708. The predicted molar refractivity (Wildman–Crippen MR) is 146 cm³/mol. The third-order valence-corrected chi connectivity index (χ3v) is 9.88. The summed E-state index contributed by atoms with van der Waals surface area (Å²) < 4.78 is 81.4. The highest BCUT2D eigenvalue weighted by molar-refractivity contribution is 7.89. The van der Waals surface area contributed by atoms with Crippen LogP contribution in [0.3, 0.4) is 0 Å². The van der Waals surface area contributed by atoms with E-state index in [1.165, 1.54) is 16.4 Å². The second-order valence-corrected chi connectivity index (χ2v) is 12.9. The lowest BCUT2D eigenvalue weighted by atomic mass is 9.86. The highest BCUT2D eigenvalue weighted by Crippen LogP contribution is 2.40. The topological polar surface area (TPSA) is 123 Å². The van der Waals surface area contributed by atoms with Crippen LogP contribution in [0.1, 0.15) is 40.4 Å². The molecule has 2 aliphatic rings. The number of aliphatic carboxylic acids is 1. The fraction of sp³-hybridized carbons (Fsp3) is 0.321. The fourth-order valence-electron chi connectivity index (χ4n) is 5.55. The van der Waals surface area contributed by atoms with Crippen LogP contribution in [0.2, 0.25) is 5.02 Å². The summed E-state index contributed by atoms with van der Waals surface area (Å²) in [6.45, 7) is 1.79. The number of halogens is 4. The molecule has 1 saturated heterocycles. The van der Waals surface area contributed by atoms with E-state index in [1.807, 2.05) is 0 Å². The molecule has 0 bridgehead atoms. The summed E-state index contributed by atoms with van der Waals surface area (Å²) in [5.74, 6) is -2.93. The van der Waals surface area contributed by atoms with Gasteiger partial charge in [0, 0.05) is 23.7 Å². The molecule has 0 amide bonds. The first kappa shape index (κ1) is 29.4. The summed E-state index contributed by atoms with van der Waals surface area (Å²) in [4.78, 5) is 12.0. The van der Waals surface area contributed by atoms with Crippen LogP contribution in [-0.2, 0) is 32.3 Å². The maximum absolute atomic E-state index is 13.8.